The molecule has 1 fully saturated rings. The van der Waals surface area contributed by atoms with Crippen LogP contribution in [-0.2, 0) is 32.6 Å². The minimum absolute atomic E-state index is 0.0504. The van der Waals surface area contributed by atoms with Gasteiger partial charge in [-0.25, -0.2) is 13.2 Å². The normalized spacial score (nSPS) is 15.7. The molecule has 0 spiro atoms. The number of nitrogens with zero attached hydrogens (tertiary/aromatic N) is 3. The van der Waals surface area contributed by atoms with Gasteiger partial charge in [0, 0.05) is 17.6 Å². The van der Waals surface area contributed by atoms with E-state index < -0.39 is 52.0 Å². The van der Waals surface area contributed by atoms with E-state index in [-0.39, 0.29) is 54.1 Å². The summed E-state index contributed by atoms with van der Waals surface area (Å²) in [4.78, 5) is 43.1. The van der Waals surface area contributed by atoms with Crippen molar-refractivity contribution in [1.82, 2.24) is 19.4 Å². The Labute approximate surface area is 301 Å². The molecule has 1 saturated heterocycles. The van der Waals surface area contributed by atoms with Crippen molar-refractivity contribution < 1.29 is 27.9 Å². The standard InChI is InChI=1S/C35H43BrClN5O6S/c1-22(2)18-40(49(47,48)27-13-14-28(37)29(38)17-27)20-31(43)30(16-24-9-6-5-7-10-24)39-34(45)33(23(3)4)42-21-32(44)41(35(42)46)19-25-11-8-12-26(36)15-25/h5-15,17,22-23,30-31,33,43H,16,18-21,38H2,1-4H3,(H,39,45)/t30-,31-,33-/m0/s1. The van der Waals surface area contributed by atoms with Crippen LogP contribution in [0.1, 0.15) is 38.8 Å². The molecule has 0 unspecified atom stereocenters. The number of nitrogens with one attached hydrogen (secondary N) is 1. The molecule has 0 saturated carbocycles. The lowest BCUT2D eigenvalue weighted by atomic mass is 9.97. The summed E-state index contributed by atoms with van der Waals surface area (Å²) in [6.07, 6.45) is -1.19. The molecular weight excluding hydrogens is 734 g/mol. The summed E-state index contributed by atoms with van der Waals surface area (Å²) in [5.41, 5.74) is 7.57. The van der Waals surface area contributed by atoms with E-state index in [4.69, 9.17) is 17.3 Å². The van der Waals surface area contributed by atoms with E-state index in [2.05, 4.69) is 21.2 Å². The van der Waals surface area contributed by atoms with E-state index >= 15 is 0 Å². The Morgan fingerprint density at radius 1 is 1.00 bits per heavy atom. The number of benzene rings is 3. The number of hydrogen-bond acceptors (Lipinski definition) is 7. The maximum Gasteiger partial charge on any atom is 0.328 e. The molecule has 4 amide bonds. The molecule has 0 radical (unpaired) electrons. The predicted molar refractivity (Wildman–Crippen MR) is 193 cm³/mol. The molecule has 4 N–H and O–H groups in total. The molecule has 1 aliphatic rings. The first kappa shape index (κ1) is 38.3. The minimum atomic E-state index is -4.13. The number of halogens is 2. The molecule has 1 aliphatic heterocycles. The number of aliphatic hydroxyl groups is 1. The summed E-state index contributed by atoms with van der Waals surface area (Å²) in [5.74, 6) is -1.49. The SMILES string of the molecule is CC(C)CN(C[C@H](O)[C@H](Cc1ccccc1)NC(=O)[C@H](C(C)C)N1CC(=O)N(Cc2cccc(Br)c2)C1=O)S(=O)(=O)c1ccc(Cl)c(N)c1. The Morgan fingerprint density at radius 3 is 2.29 bits per heavy atom. The summed E-state index contributed by atoms with van der Waals surface area (Å²) in [7, 11) is -4.13. The fourth-order valence-electron chi connectivity index (χ4n) is 5.82. The molecule has 49 heavy (non-hydrogen) atoms. The molecule has 0 aromatic heterocycles. The van der Waals surface area contributed by atoms with Crippen molar-refractivity contribution in [3.05, 3.63) is 93.4 Å². The lowest BCUT2D eigenvalue weighted by Crippen LogP contribution is -2.57. The molecule has 264 valence electrons. The van der Waals surface area contributed by atoms with E-state index in [9.17, 15) is 27.9 Å². The van der Waals surface area contributed by atoms with Gasteiger partial charge < -0.3 is 21.1 Å². The van der Waals surface area contributed by atoms with Crippen LogP contribution in [0.3, 0.4) is 0 Å². The lowest BCUT2D eigenvalue weighted by Gasteiger charge is -2.34. The number of carbonyl (C=O) groups excluding carboxylic acids is 3. The van der Waals surface area contributed by atoms with E-state index in [0.717, 1.165) is 20.5 Å². The molecule has 11 nitrogen and oxygen atoms in total. The highest BCUT2D eigenvalue weighted by molar-refractivity contribution is 9.10. The summed E-state index contributed by atoms with van der Waals surface area (Å²) in [5, 5.41) is 14.8. The van der Waals surface area contributed by atoms with Gasteiger partial charge in [0.2, 0.25) is 15.9 Å². The molecule has 1 heterocycles. The third kappa shape index (κ3) is 9.61. The van der Waals surface area contributed by atoms with Crippen LogP contribution in [0.5, 0.6) is 0 Å². The second-order valence-electron chi connectivity index (χ2n) is 13.0. The highest BCUT2D eigenvalue weighted by Gasteiger charge is 2.44. The van der Waals surface area contributed by atoms with Crippen LogP contribution in [0.4, 0.5) is 10.5 Å². The molecule has 0 bridgehead atoms. The monoisotopic (exact) mass is 775 g/mol. The van der Waals surface area contributed by atoms with Gasteiger partial charge >= 0.3 is 6.03 Å². The number of amides is 4. The molecular formula is C35H43BrClN5O6S. The van der Waals surface area contributed by atoms with Crippen LogP contribution < -0.4 is 11.1 Å². The first-order chi connectivity index (χ1) is 23.1. The number of aliphatic hydroxyl groups excluding tert-OH is 1. The van der Waals surface area contributed by atoms with Crippen LogP contribution in [-0.4, -0.2) is 83.3 Å². The number of urea groups is 1. The number of imide groups is 1. The molecule has 0 aliphatic carbocycles. The fraction of sp³-hybridized carbons (Fsp3) is 0.400. The summed E-state index contributed by atoms with van der Waals surface area (Å²) in [6.45, 7) is 6.78. The average molecular weight is 777 g/mol. The number of nitrogen functional groups attached to an aromatic ring is 1. The number of nitrogens with two attached hydrogens (primary N) is 1. The van der Waals surface area contributed by atoms with Crippen molar-refractivity contribution in [3.63, 3.8) is 0 Å². The topological polar surface area (TPSA) is 153 Å². The molecule has 14 heteroatoms. The minimum Gasteiger partial charge on any atom is -0.397 e. The number of anilines is 1. The van der Waals surface area contributed by atoms with Crippen LogP contribution in [0.15, 0.2) is 82.2 Å². The highest BCUT2D eigenvalue weighted by Crippen LogP contribution is 2.27. The van der Waals surface area contributed by atoms with Crippen LogP contribution in [0.2, 0.25) is 5.02 Å². The average Bonchev–Trinajstić information content (AvgIpc) is 3.29. The van der Waals surface area contributed by atoms with Crippen LogP contribution in [0, 0.1) is 11.8 Å². The largest absolute Gasteiger partial charge is 0.397 e. The van der Waals surface area contributed by atoms with Crippen molar-refractivity contribution in [1.29, 1.82) is 0 Å². The summed E-state index contributed by atoms with van der Waals surface area (Å²) < 4.78 is 29.7. The zero-order chi connectivity index (χ0) is 36.0. The van der Waals surface area contributed by atoms with Crippen molar-refractivity contribution >= 4 is 61.1 Å². The second kappa shape index (κ2) is 16.5. The number of sulfonamides is 1. The van der Waals surface area contributed by atoms with E-state index in [1.165, 1.54) is 27.4 Å². The van der Waals surface area contributed by atoms with E-state index in [1.54, 1.807) is 19.9 Å². The van der Waals surface area contributed by atoms with Gasteiger partial charge in [-0.1, -0.05) is 97.7 Å². The first-order valence-electron chi connectivity index (χ1n) is 16.0. The van der Waals surface area contributed by atoms with Crippen LogP contribution in [0.25, 0.3) is 0 Å². The quantitative estimate of drug-likeness (QED) is 0.147. The molecule has 3 aromatic rings. The second-order valence-corrected chi connectivity index (χ2v) is 16.2. The third-order valence-corrected chi connectivity index (χ3v) is 10.9. The van der Waals surface area contributed by atoms with Gasteiger partial charge in [0.1, 0.15) is 12.6 Å². The van der Waals surface area contributed by atoms with E-state index in [1.807, 2.05) is 62.4 Å². The highest BCUT2D eigenvalue weighted by atomic mass is 79.9. The lowest BCUT2D eigenvalue weighted by molar-refractivity contribution is -0.129. The van der Waals surface area contributed by atoms with Crippen molar-refractivity contribution in [3.8, 4) is 0 Å². The first-order valence-corrected chi connectivity index (χ1v) is 18.6. The summed E-state index contributed by atoms with van der Waals surface area (Å²) >= 11 is 9.46. The van der Waals surface area contributed by atoms with Crippen molar-refractivity contribution in [2.75, 3.05) is 25.4 Å². The number of rotatable bonds is 15. The maximum absolute atomic E-state index is 14.1. The van der Waals surface area contributed by atoms with Crippen molar-refractivity contribution in [2.45, 2.75) is 63.7 Å². The van der Waals surface area contributed by atoms with Gasteiger partial charge in [-0.15, -0.1) is 0 Å². The Bertz CT molecular complexity index is 1760. The number of hydrogen-bond donors (Lipinski definition) is 3. The third-order valence-electron chi connectivity index (χ3n) is 8.20. The van der Waals surface area contributed by atoms with Gasteiger partial charge in [0.15, 0.2) is 0 Å². The Hall–Kier alpha value is -3.49. The summed E-state index contributed by atoms with van der Waals surface area (Å²) in [6, 6.07) is 17.9. The number of carbonyl (C=O) groups is 3. The Morgan fingerprint density at radius 2 is 1.67 bits per heavy atom. The molecule has 3 aromatic carbocycles. The predicted octanol–water partition coefficient (Wildman–Crippen LogP) is 4.91. The zero-order valence-electron chi connectivity index (χ0n) is 27.9. The van der Waals surface area contributed by atoms with E-state index in [0.29, 0.717) is 0 Å². The Balaban J connectivity index is 1.60. The van der Waals surface area contributed by atoms with Gasteiger partial charge in [0.25, 0.3) is 5.91 Å². The fourth-order valence-corrected chi connectivity index (χ4v) is 8.04. The maximum atomic E-state index is 14.1. The molecule has 4 rings (SSSR count). The Kier molecular flexibility index (Phi) is 12.9. The van der Waals surface area contributed by atoms with Gasteiger partial charge in [-0.2, -0.15) is 4.31 Å². The molecule has 3 atom stereocenters. The smallest absolute Gasteiger partial charge is 0.328 e. The van der Waals surface area contributed by atoms with Crippen molar-refractivity contribution in [2.24, 2.45) is 11.8 Å². The van der Waals surface area contributed by atoms with Gasteiger partial charge in [0.05, 0.1) is 34.3 Å². The zero-order valence-corrected chi connectivity index (χ0v) is 31.1. The van der Waals surface area contributed by atoms with Gasteiger partial charge in [-0.05, 0) is 59.7 Å². The van der Waals surface area contributed by atoms with Crippen LogP contribution >= 0.6 is 27.5 Å². The van der Waals surface area contributed by atoms with Gasteiger partial charge in [-0.3, -0.25) is 14.5 Å².